The molecule has 0 radical (unpaired) electrons. The highest BCUT2D eigenvalue weighted by Crippen LogP contribution is 2.18. The maximum absolute atomic E-state index is 3.89. The van der Waals surface area contributed by atoms with Gasteiger partial charge in [0.15, 0.2) is 0 Å². The number of halogens is 1. The summed E-state index contributed by atoms with van der Waals surface area (Å²) >= 11 is 2.31. The Labute approximate surface area is 102 Å². The number of hydrogen-bond donors (Lipinski definition) is 2. The molecular weight excluding hydrogens is 301 g/mol. The molecule has 1 aromatic heterocycles. The highest BCUT2D eigenvalue weighted by molar-refractivity contribution is 14.1. The minimum Gasteiger partial charge on any atom is -0.376 e. The van der Waals surface area contributed by atoms with Crippen LogP contribution in [0.2, 0.25) is 0 Å². The molecule has 3 nitrogen and oxygen atoms in total. The predicted octanol–water partition coefficient (Wildman–Crippen LogP) is 3.19. The van der Waals surface area contributed by atoms with Gasteiger partial charge < -0.3 is 5.32 Å². The van der Waals surface area contributed by atoms with Crippen molar-refractivity contribution in [1.82, 2.24) is 10.2 Å². The van der Waals surface area contributed by atoms with E-state index in [1.807, 2.05) is 6.20 Å². The summed E-state index contributed by atoms with van der Waals surface area (Å²) in [6, 6.07) is 8.80. The zero-order valence-electron chi connectivity index (χ0n) is 8.37. The highest BCUT2D eigenvalue weighted by atomic mass is 127. The van der Waals surface area contributed by atoms with Crippen molar-refractivity contribution in [3.8, 4) is 0 Å². The van der Waals surface area contributed by atoms with Crippen molar-refractivity contribution in [2.75, 3.05) is 5.32 Å². The lowest BCUT2D eigenvalue weighted by atomic mass is 10.1. The van der Waals surface area contributed by atoms with Crippen molar-refractivity contribution in [3.63, 3.8) is 0 Å². The molecule has 1 unspecified atom stereocenters. The fourth-order valence-corrected chi connectivity index (χ4v) is 1.77. The number of nitrogens with one attached hydrogen (secondary N) is 2. The van der Waals surface area contributed by atoms with Gasteiger partial charge in [0.2, 0.25) is 0 Å². The van der Waals surface area contributed by atoms with Gasteiger partial charge in [0.25, 0.3) is 0 Å². The maximum atomic E-state index is 3.89. The molecule has 1 atom stereocenters. The van der Waals surface area contributed by atoms with E-state index in [-0.39, 0.29) is 0 Å². The van der Waals surface area contributed by atoms with Crippen LogP contribution in [0.1, 0.15) is 18.5 Å². The van der Waals surface area contributed by atoms with Gasteiger partial charge in [0, 0.05) is 15.8 Å². The first-order valence-electron chi connectivity index (χ1n) is 4.76. The minimum absolute atomic E-state index is 0.291. The molecule has 1 aromatic carbocycles. The van der Waals surface area contributed by atoms with Gasteiger partial charge in [-0.15, -0.1) is 0 Å². The summed E-state index contributed by atoms with van der Waals surface area (Å²) in [5.74, 6) is 0. The molecule has 78 valence electrons. The second kappa shape index (κ2) is 4.65. The third-order valence-electron chi connectivity index (χ3n) is 2.25. The molecule has 2 rings (SSSR count). The second-order valence-corrected chi connectivity index (χ2v) is 4.65. The third kappa shape index (κ3) is 2.71. The van der Waals surface area contributed by atoms with Crippen molar-refractivity contribution in [2.45, 2.75) is 13.0 Å². The Bertz CT molecular complexity index is 408. The fraction of sp³-hybridized carbons (Fsp3) is 0.182. The highest BCUT2D eigenvalue weighted by Gasteiger charge is 2.04. The Morgan fingerprint density at radius 3 is 2.67 bits per heavy atom. The van der Waals surface area contributed by atoms with Crippen LogP contribution in [-0.2, 0) is 0 Å². The van der Waals surface area contributed by atoms with Crippen LogP contribution < -0.4 is 5.32 Å². The molecule has 15 heavy (non-hydrogen) atoms. The van der Waals surface area contributed by atoms with Gasteiger partial charge in [0.1, 0.15) is 0 Å². The van der Waals surface area contributed by atoms with Crippen molar-refractivity contribution >= 4 is 28.3 Å². The molecule has 0 aliphatic rings. The molecule has 0 amide bonds. The summed E-state index contributed by atoms with van der Waals surface area (Å²) in [7, 11) is 0. The summed E-state index contributed by atoms with van der Waals surface area (Å²) in [4.78, 5) is 0. The number of benzene rings is 1. The Balaban J connectivity index is 2.08. The lowest BCUT2D eigenvalue weighted by molar-refractivity contribution is 0.884. The zero-order chi connectivity index (χ0) is 10.7. The first-order chi connectivity index (χ1) is 7.25. The molecule has 0 aliphatic heterocycles. The number of aromatic amines is 1. The van der Waals surface area contributed by atoms with Gasteiger partial charge >= 0.3 is 0 Å². The Hall–Kier alpha value is -1.04. The number of H-pyrrole nitrogens is 1. The first kappa shape index (κ1) is 10.5. The predicted molar refractivity (Wildman–Crippen MR) is 69.8 cm³/mol. The molecule has 0 saturated heterocycles. The van der Waals surface area contributed by atoms with Gasteiger partial charge in [-0.25, -0.2) is 0 Å². The molecule has 0 spiro atoms. The van der Waals surface area contributed by atoms with Crippen LogP contribution in [0.5, 0.6) is 0 Å². The van der Waals surface area contributed by atoms with Gasteiger partial charge in [0.05, 0.1) is 11.9 Å². The summed E-state index contributed by atoms with van der Waals surface area (Å²) in [5, 5.41) is 10.0. The largest absolute Gasteiger partial charge is 0.376 e. The molecule has 0 aliphatic carbocycles. The average molecular weight is 313 g/mol. The Kier molecular flexibility index (Phi) is 3.25. The SMILES string of the molecule is CC(Nc1cn[nH]c1)c1ccc(I)cc1. The van der Waals surface area contributed by atoms with Gasteiger partial charge in [-0.2, -0.15) is 5.10 Å². The lowest BCUT2D eigenvalue weighted by Gasteiger charge is -2.13. The molecule has 0 bridgehead atoms. The molecule has 1 heterocycles. The van der Waals surface area contributed by atoms with Gasteiger partial charge in [-0.3, -0.25) is 5.10 Å². The topological polar surface area (TPSA) is 40.7 Å². The van der Waals surface area contributed by atoms with E-state index < -0.39 is 0 Å². The van der Waals surface area contributed by atoms with Crippen LogP contribution in [0, 0.1) is 3.57 Å². The molecular formula is C11H12IN3. The second-order valence-electron chi connectivity index (χ2n) is 3.40. The van der Waals surface area contributed by atoms with E-state index in [0.29, 0.717) is 6.04 Å². The monoisotopic (exact) mass is 313 g/mol. The standard InChI is InChI=1S/C11H12IN3/c1-8(15-11-6-13-14-7-11)9-2-4-10(12)5-3-9/h2-8,15H,1H3,(H,13,14). The van der Waals surface area contributed by atoms with Crippen LogP contribution >= 0.6 is 22.6 Å². The van der Waals surface area contributed by atoms with E-state index in [0.717, 1.165) is 5.69 Å². The van der Waals surface area contributed by atoms with E-state index >= 15 is 0 Å². The number of nitrogens with zero attached hydrogens (tertiary/aromatic N) is 1. The molecule has 0 fully saturated rings. The average Bonchev–Trinajstić information content (AvgIpc) is 2.71. The zero-order valence-corrected chi connectivity index (χ0v) is 10.5. The Morgan fingerprint density at radius 2 is 2.07 bits per heavy atom. The maximum Gasteiger partial charge on any atom is 0.0728 e. The number of anilines is 1. The van der Waals surface area contributed by atoms with E-state index in [2.05, 4.69) is 69.3 Å². The quantitative estimate of drug-likeness (QED) is 0.855. The molecule has 4 heteroatoms. The van der Waals surface area contributed by atoms with Crippen LogP contribution in [0.3, 0.4) is 0 Å². The van der Waals surface area contributed by atoms with E-state index in [1.54, 1.807) is 6.20 Å². The summed E-state index contributed by atoms with van der Waals surface area (Å²) in [6.07, 6.45) is 3.63. The van der Waals surface area contributed by atoms with Crippen molar-refractivity contribution in [1.29, 1.82) is 0 Å². The lowest BCUT2D eigenvalue weighted by Crippen LogP contribution is -2.05. The van der Waals surface area contributed by atoms with Gasteiger partial charge in [-0.1, -0.05) is 12.1 Å². The summed E-state index contributed by atoms with van der Waals surface area (Å²) in [5.41, 5.74) is 2.29. The van der Waals surface area contributed by atoms with E-state index in [4.69, 9.17) is 0 Å². The molecule has 2 N–H and O–H groups in total. The van der Waals surface area contributed by atoms with E-state index in [1.165, 1.54) is 9.13 Å². The molecule has 0 saturated carbocycles. The Morgan fingerprint density at radius 1 is 1.33 bits per heavy atom. The number of rotatable bonds is 3. The van der Waals surface area contributed by atoms with E-state index in [9.17, 15) is 0 Å². The number of hydrogen-bond acceptors (Lipinski definition) is 2. The summed E-state index contributed by atoms with van der Waals surface area (Å²) in [6.45, 7) is 2.13. The molecule has 2 aromatic rings. The van der Waals surface area contributed by atoms with Crippen LogP contribution in [0.15, 0.2) is 36.7 Å². The van der Waals surface area contributed by atoms with Crippen molar-refractivity contribution < 1.29 is 0 Å². The first-order valence-corrected chi connectivity index (χ1v) is 5.84. The smallest absolute Gasteiger partial charge is 0.0728 e. The number of aromatic nitrogens is 2. The van der Waals surface area contributed by atoms with Crippen molar-refractivity contribution in [3.05, 3.63) is 45.8 Å². The summed E-state index contributed by atoms with van der Waals surface area (Å²) < 4.78 is 1.26. The van der Waals surface area contributed by atoms with Crippen LogP contribution in [0.4, 0.5) is 5.69 Å². The normalized spacial score (nSPS) is 12.4. The third-order valence-corrected chi connectivity index (χ3v) is 2.97. The fourth-order valence-electron chi connectivity index (χ4n) is 1.41. The van der Waals surface area contributed by atoms with Crippen LogP contribution in [-0.4, -0.2) is 10.2 Å². The minimum atomic E-state index is 0.291. The van der Waals surface area contributed by atoms with Crippen molar-refractivity contribution in [2.24, 2.45) is 0 Å². The van der Waals surface area contributed by atoms with Crippen LogP contribution in [0.25, 0.3) is 0 Å². The van der Waals surface area contributed by atoms with Gasteiger partial charge in [-0.05, 0) is 47.2 Å².